The zero-order valence-corrected chi connectivity index (χ0v) is 13.4. The Balaban J connectivity index is 2.13. The van der Waals surface area contributed by atoms with Gasteiger partial charge in [0.1, 0.15) is 0 Å². The number of Topliss-reactive ketones (excluding diaryl/α,β-unsaturated/α-hetero) is 1. The Bertz CT molecular complexity index is 458. The SMILES string of the molecule is CCC1CCCN(c2ccc(C(C)=O)c(Br)c2)CC1. The summed E-state index contributed by atoms with van der Waals surface area (Å²) >= 11 is 3.51. The molecule has 1 aromatic carbocycles. The third kappa shape index (κ3) is 3.59. The smallest absolute Gasteiger partial charge is 0.160 e. The second-order valence-electron chi connectivity index (χ2n) is 5.41. The molecule has 2 rings (SSSR count). The van der Waals surface area contributed by atoms with Crippen LogP contribution in [0.3, 0.4) is 0 Å². The zero-order valence-electron chi connectivity index (χ0n) is 11.8. The molecule has 1 aliphatic heterocycles. The van der Waals surface area contributed by atoms with Crippen molar-refractivity contribution in [2.75, 3.05) is 18.0 Å². The molecule has 3 heteroatoms. The standard InChI is InChI=1S/C16H22BrNO/c1-3-13-5-4-9-18(10-8-13)14-6-7-15(12(2)19)16(17)11-14/h6-7,11,13H,3-5,8-10H2,1-2H3. The number of hydrogen-bond donors (Lipinski definition) is 0. The molecule has 0 aliphatic carbocycles. The quantitative estimate of drug-likeness (QED) is 0.753. The molecule has 0 radical (unpaired) electrons. The van der Waals surface area contributed by atoms with E-state index in [2.05, 4.69) is 39.9 Å². The van der Waals surface area contributed by atoms with Crippen molar-refractivity contribution in [1.82, 2.24) is 0 Å². The summed E-state index contributed by atoms with van der Waals surface area (Å²) in [5, 5.41) is 0. The summed E-state index contributed by atoms with van der Waals surface area (Å²) in [5.74, 6) is 0.991. The number of carbonyl (C=O) groups is 1. The first kappa shape index (κ1) is 14.6. The first-order valence-corrected chi connectivity index (χ1v) is 7.96. The fourth-order valence-electron chi connectivity index (χ4n) is 2.82. The molecule has 0 N–H and O–H groups in total. The molecular formula is C16H22BrNO. The first-order valence-electron chi connectivity index (χ1n) is 7.17. The molecule has 1 heterocycles. The highest BCUT2D eigenvalue weighted by molar-refractivity contribution is 9.10. The van der Waals surface area contributed by atoms with E-state index in [4.69, 9.17) is 0 Å². The topological polar surface area (TPSA) is 20.3 Å². The van der Waals surface area contributed by atoms with Crippen LogP contribution in [0.4, 0.5) is 5.69 Å². The average molecular weight is 324 g/mol. The zero-order chi connectivity index (χ0) is 13.8. The number of hydrogen-bond acceptors (Lipinski definition) is 2. The lowest BCUT2D eigenvalue weighted by atomic mass is 9.98. The van der Waals surface area contributed by atoms with Crippen LogP contribution in [-0.4, -0.2) is 18.9 Å². The Kier molecular flexibility index (Phi) is 5.03. The molecule has 1 saturated heterocycles. The highest BCUT2D eigenvalue weighted by Crippen LogP contribution is 2.28. The van der Waals surface area contributed by atoms with Crippen LogP contribution in [0.5, 0.6) is 0 Å². The maximum Gasteiger partial charge on any atom is 0.160 e. The Labute approximate surface area is 124 Å². The van der Waals surface area contributed by atoms with Crippen molar-refractivity contribution in [3.05, 3.63) is 28.2 Å². The fourth-order valence-corrected chi connectivity index (χ4v) is 3.46. The van der Waals surface area contributed by atoms with Gasteiger partial charge >= 0.3 is 0 Å². The summed E-state index contributed by atoms with van der Waals surface area (Å²) in [5.41, 5.74) is 2.00. The summed E-state index contributed by atoms with van der Waals surface area (Å²) in [6, 6.07) is 6.10. The number of rotatable bonds is 3. The third-order valence-electron chi connectivity index (χ3n) is 4.12. The Morgan fingerprint density at radius 1 is 1.37 bits per heavy atom. The molecule has 0 bridgehead atoms. The molecule has 1 aromatic rings. The summed E-state index contributed by atoms with van der Waals surface area (Å²) < 4.78 is 0.911. The molecule has 1 unspecified atom stereocenters. The lowest BCUT2D eigenvalue weighted by Gasteiger charge is -2.23. The van der Waals surface area contributed by atoms with Gasteiger partial charge in [-0.15, -0.1) is 0 Å². The van der Waals surface area contributed by atoms with E-state index in [9.17, 15) is 4.79 Å². The van der Waals surface area contributed by atoms with Crippen LogP contribution in [0, 0.1) is 5.92 Å². The second-order valence-corrected chi connectivity index (χ2v) is 6.27. The van der Waals surface area contributed by atoms with E-state index in [0.29, 0.717) is 0 Å². The maximum absolute atomic E-state index is 11.4. The van der Waals surface area contributed by atoms with Gasteiger partial charge in [-0.2, -0.15) is 0 Å². The molecule has 1 atom stereocenters. The van der Waals surface area contributed by atoms with E-state index in [1.165, 1.54) is 31.4 Å². The van der Waals surface area contributed by atoms with Gasteiger partial charge in [0.05, 0.1) is 0 Å². The van der Waals surface area contributed by atoms with Gasteiger partial charge in [-0.05, 0) is 66.2 Å². The van der Waals surface area contributed by atoms with Crippen molar-refractivity contribution in [2.45, 2.75) is 39.5 Å². The largest absolute Gasteiger partial charge is 0.371 e. The lowest BCUT2D eigenvalue weighted by Crippen LogP contribution is -2.24. The summed E-state index contributed by atoms with van der Waals surface area (Å²) in [6.45, 7) is 6.16. The molecule has 1 aliphatic rings. The Hall–Kier alpha value is -0.830. The second kappa shape index (κ2) is 6.56. The molecular weight excluding hydrogens is 302 g/mol. The molecule has 0 saturated carbocycles. The van der Waals surface area contributed by atoms with E-state index in [1.807, 2.05) is 6.07 Å². The lowest BCUT2D eigenvalue weighted by molar-refractivity contribution is 0.101. The number of anilines is 1. The molecule has 2 nitrogen and oxygen atoms in total. The minimum Gasteiger partial charge on any atom is -0.371 e. The molecule has 19 heavy (non-hydrogen) atoms. The number of benzene rings is 1. The predicted molar refractivity (Wildman–Crippen MR) is 84.0 cm³/mol. The van der Waals surface area contributed by atoms with Crippen molar-refractivity contribution in [2.24, 2.45) is 5.92 Å². The minimum absolute atomic E-state index is 0.111. The first-order chi connectivity index (χ1) is 9.11. The molecule has 0 aromatic heterocycles. The average Bonchev–Trinajstić information content (AvgIpc) is 2.63. The van der Waals surface area contributed by atoms with Gasteiger partial charge in [-0.3, -0.25) is 4.79 Å². The molecule has 104 valence electrons. The van der Waals surface area contributed by atoms with Crippen molar-refractivity contribution in [1.29, 1.82) is 0 Å². The highest BCUT2D eigenvalue weighted by Gasteiger charge is 2.17. The van der Waals surface area contributed by atoms with Gasteiger partial charge in [0.15, 0.2) is 5.78 Å². The Morgan fingerprint density at radius 2 is 2.16 bits per heavy atom. The van der Waals surface area contributed by atoms with E-state index < -0.39 is 0 Å². The van der Waals surface area contributed by atoms with Crippen LogP contribution in [0.25, 0.3) is 0 Å². The highest BCUT2D eigenvalue weighted by atomic mass is 79.9. The van der Waals surface area contributed by atoms with Crippen LogP contribution < -0.4 is 4.90 Å². The van der Waals surface area contributed by atoms with E-state index >= 15 is 0 Å². The normalized spacial score (nSPS) is 20.2. The Morgan fingerprint density at radius 3 is 2.79 bits per heavy atom. The van der Waals surface area contributed by atoms with Crippen molar-refractivity contribution in [3.8, 4) is 0 Å². The monoisotopic (exact) mass is 323 g/mol. The van der Waals surface area contributed by atoms with E-state index in [-0.39, 0.29) is 5.78 Å². The van der Waals surface area contributed by atoms with E-state index in [1.54, 1.807) is 6.92 Å². The van der Waals surface area contributed by atoms with Crippen LogP contribution in [0.1, 0.15) is 49.9 Å². The van der Waals surface area contributed by atoms with Gasteiger partial charge in [0.25, 0.3) is 0 Å². The minimum atomic E-state index is 0.111. The van der Waals surface area contributed by atoms with Gasteiger partial charge in [-0.1, -0.05) is 13.3 Å². The molecule has 0 spiro atoms. The number of nitrogens with zero attached hydrogens (tertiary/aromatic N) is 1. The number of ketones is 1. The number of carbonyl (C=O) groups excluding carboxylic acids is 1. The molecule has 1 fully saturated rings. The van der Waals surface area contributed by atoms with Gasteiger partial charge in [0.2, 0.25) is 0 Å². The van der Waals surface area contributed by atoms with Gasteiger partial charge < -0.3 is 4.90 Å². The summed E-state index contributed by atoms with van der Waals surface area (Å²) in [7, 11) is 0. The van der Waals surface area contributed by atoms with Gasteiger partial charge in [-0.25, -0.2) is 0 Å². The van der Waals surface area contributed by atoms with E-state index in [0.717, 1.165) is 29.0 Å². The number of halogens is 1. The van der Waals surface area contributed by atoms with Gasteiger partial charge in [0, 0.05) is 28.8 Å². The third-order valence-corrected chi connectivity index (χ3v) is 4.78. The van der Waals surface area contributed by atoms with Crippen molar-refractivity contribution >= 4 is 27.4 Å². The van der Waals surface area contributed by atoms with Crippen LogP contribution in [-0.2, 0) is 0 Å². The van der Waals surface area contributed by atoms with Crippen LogP contribution in [0.2, 0.25) is 0 Å². The predicted octanol–water partition coefficient (Wildman–Crippen LogP) is 4.67. The summed E-state index contributed by atoms with van der Waals surface area (Å²) in [4.78, 5) is 13.9. The van der Waals surface area contributed by atoms with Crippen LogP contribution in [0.15, 0.2) is 22.7 Å². The van der Waals surface area contributed by atoms with Crippen LogP contribution >= 0.6 is 15.9 Å². The molecule has 0 amide bonds. The maximum atomic E-state index is 11.4. The summed E-state index contributed by atoms with van der Waals surface area (Å²) in [6.07, 6.45) is 5.19. The van der Waals surface area contributed by atoms with Crippen molar-refractivity contribution in [3.63, 3.8) is 0 Å². The fraction of sp³-hybridized carbons (Fsp3) is 0.562. The van der Waals surface area contributed by atoms with Crippen molar-refractivity contribution < 1.29 is 4.79 Å².